The van der Waals surface area contributed by atoms with Crippen LogP contribution in [-0.4, -0.2) is 30.5 Å². The Morgan fingerprint density at radius 1 is 1.47 bits per heavy atom. The molecule has 19 heavy (non-hydrogen) atoms. The SMILES string of the molecule is CN(CC#N)C(=O)c1cccc(OC2CCCC2)c1. The Labute approximate surface area is 113 Å². The molecule has 4 nitrogen and oxygen atoms in total. The van der Waals surface area contributed by atoms with Gasteiger partial charge in [0.2, 0.25) is 0 Å². The van der Waals surface area contributed by atoms with Crippen molar-refractivity contribution in [3.63, 3.8) is 0 Å². The lowest BCUT2D eigenvalue weighted by Crippen LogP contribution is -2.27. The Morgan fingerprint density at radius 3 is 2.89 bits per heavy atom. The molecule has 0 heterocycles. The molecule has 0 spiro atoms. The van der Waals surface area contributed by atoms with Crippen LogP contribution in [0.3, 0.4) is 0 Å². The minimum Gasteiger partial charge on any atom is -0.490 e. The van der Waals surface area contributed by atoms with Gasteiger partial charge in [0, 0.05) is 12.6 Å². The van der Waals surface area contributed by atoms with Gasteiger partial charge in [0.25, 0.3) is 5.91 Å². The molecular formula is C15H18N2O2. The van der Waals surface area contributed by atoms with Crippen LogP contribution in [0.4, 0.5) is 0 Å². The van der Waals surface area contributed by atoms with Gasteiger partial charge in [-0.3, -0.25) is 4.79 Å². The Hall–Kier alpha value is -2.02. The highest BCUT2D eigenvalue weighted by Gasteiger charge is 2.17. The van der Waals surface area contributed by atoms with Gasteiger partial charge in [-0.2, -0.15) is 5.26 Å². The minimum absolute atomic E-state index is 0.0898. The van der Waals surface area contributed by atoms with Crippen molar-refractivity contribution in [1.82, 2.24) is 4.90 Å². The van der Waals surface area contributed by atoms with Gasteiger partial charge in [-0.15, -0.1) is 0 Å². The Kier molecular flexibility index (Phi) is 4.40. The second-order valence-corrected chi connectivity index (χ2v) is 4.87. The number of nitriles is 1. The van der Waals surface area contributed by atoms with Crippen LogP contribution in [0, 0.1) is 11.3 Å². The molecule has 0 aliphatic heterocycles. The van der Waals surface area contributed by atoms with Gasteiger partial charge in [-0.05, 0) is 43.9 Å². The van der Waals surface area contributed by atoms with Gasteiger partial charge in [-0.1, -0.05) is 6.07 Å². The maximum absolute atomic E-state index is 12.0. The number of ether oxygens (including phenoxy) is 1. The molecule has 1 aromatic carbocycles. The predicted octanol–water partition coefficient (Wildman–Crippen LogP) is 2.60. The molecule has 0 bridgehead atoms. The molecule has 0 atom stereocenters. The largest absolute Gasteiger partial charge is 0.490 e. The number of hydrogen-bond acceptors (Lipinski definition) is 3. The highest BCUT2D eigenvalue weighted by atomic mass is 16.5. The zero-order valence-corrected chi connectivity index (χ0v) is 11.1. The number of carbonyl (C=O) groups excluding carboxylic acids is 1. The maximum Gasteiger partial charge on any atom is 0.254 e. The summed E-state index contributed by atoms with van der Waals surface area (Å²) in [6.07, 6.45) is 4.89. The van der Waals surface area contributed by atoms with Gasteiger partial charge in [0.15, 0.2) is 0 Å². The van der Waals surface area contributed by atoms with Crippen molar-refractivity contribution >= 4 is 5.91 Å². The van der Waals surface area contributed by atoms with E-state index < -0.39 is 0 Å². The molecule has 0 unspecified atom stereocenters. The molecule has 0 saturated heterocycles. The van der Waals surface area contributed by atoms with Crippen LogP contribution in [0.25, 0.3) is 0 Å². The molecule has 1 saturated carbocycles. The Morgan fingerprint density at radius 2 is 2.21 bits per heavy atom. The van der Waals surface area contributed by atoms with Crippen LogP contribution in [0.15, 0.2) is 24.3 Å². The predicted molar refractivity (Wildman–Crippen MR) is 71.9 cm³/mol. The minimum atomic E-state index is -0.154. The number of rotatable bonds is 4. The van der Waals surface area contributed by atoms with Crippen LogP contribution >= 0.6 is 0 Å². The Balaban J connectivity index is 2.06. The topological polar surface area (TPSA) is 53.3 Å². The van der Waals surface area contributed by atoms with E-state index >= 15 is 0 Å². The van der Waals surface area contributed by atoms with Crippen molar-refractivity contribution in [1.29, 1.82) is 5.26 Å². The van der Waals surface area contributed by atoms with Gasteiger partial charge >= 0.3 is 0 Å². The van der Waals surface area contributed by atoms with Crippen LogP contribution in [0.1, 0.15) is 36.0 Å². The van der Waals surface area contributed by atoms with E-state index in [1.165, 1.54) is 17.7 Å². The summed E-state index contributed by atoms with van der Waals surface area (Å²) in [5, 5.41) is 8.61. The number of benzene rings is 1. The van der Waals surface area contributed by atoms with Crippen LogP contribution in [-0.2, 0) is 0 Å². The molecule has 0 radical (unpaired) electrons. The molecule has 1 fully saturated rings. The normalized spacial score (nSPS) is 14.9. The molecule has 0 aromatic heterocycles. The molecule has 4 heteroatoms. The van der Waals surface area contributed by atoms with Crippen LogP contribution < -0.4 is 4.74 Å². The fourth-order valence-electron chi connectivity index (χ4n) is 2.30. The lowest BCUT2D eigenvalue weighted by Gasteiger charge is -2.16. The van der Waals surface area contributed by atoms with Crippen molar-refractivity contribution < 1.29 is 9.53 Å². The average molecular weight is 258 g/mol. The summed E-state index contributed by atoms with van der Waals surface area (Å²) in [5.41, 5.74) is 0.563. The third-order valence-electron chi connectivity index (χ3n) is 3.34. The van der Waals surface area contributed by atoms with Crippen molar-refractivity contribution in [3.05, 3.63) is 29.8 Å². The number of nitrogens with zero attached hydrogens (tertiary/aromatic N) is 2. The van der Waals surface area contributed by atoms with Gasteiger partial charge < -0.3 is 9.64 Å². The summed E-state index contributed by atoms with van der Waals surface area (Å²) in [6, 6.07) is 9.16. The molecule has 2 rings (SSSR count). The number of amides is 1. The summed E-state index contributed by atoms with van der Waals surface area (Å²) in [5.74, 6) is 0.585. The molecule has 1 aliphatic rings. The van der Waals surface area contributed by atoms with Crippen molar-refractivity contribution in [2.75, 3.05) is 13.6 Å². The van der Waals surface area contributed by atoms with Crippen LogP contribution in [0.2, 0.25) is 0 Å². The van der Waals surface area contributed by atoms with E-state index in [1.807, 2.05) is 18.2 Å². The van der Waals surface area contributed by atoms with Crippen LogP contribution in [0.5, 0.6) is 5.75 Å². The van der Waals surface area contributed by atoms with E-state index in [1.54, 1.807) is 19.2 Å². The van der Waals surface area contributed by atoms with Gasteiger partial charge in [-0.25, -0.2) is 0 Å². The van der Waals surface area contributed by atoms with Crippen molar-refractivity contribution in [2.24, 2.45) is 0 Å². The first kappa shape index (κ1) is 13.4. The number of hydrogen-bond donors (Lipinski definition) is 0. The highest BCUT2D eigenvalue weighted by Crippen LogP contribution is 2.24. The Bertz CT molecular complexity index is 487. The summed E-state index contributed by atoms with van der Waals surface area (Å²) in [4.78, 5) is 13.4. The molecule has 1 amide bonds. The monoisotopic (exact) mass is 258 g/mol. The lowest BCUT2D eigenvalue weighted by molar-refractivity contribution is 0.0811. The first-order chi connectivity index (χ1) is 9.20. The van der Waals surface area contributed by atoms with E-state index in [4.69, 9.17) is 10.00 Å². The molecule has 1 aliphatic carbocycles. The third-order valence-corrected chi connectivity index (χ3v) is 3.34. The van der Waals surface area contributed by atoms with E-state index in [-0.39, 0.29) is 18.6 Å². The second kappa shape index (κ2) is 6.24. The standard InChI is InChI=1S/C15H18N2O2/c1-17(10-9-16)15(18)12-5-4-8-14(11-12)19-13-6-2-3-7-13/h4-5,8,11,13H,2-3,6-7,10H2,1H3. The van der Waals surface area contributed by atoms with E-state index in [2.05, 4.69) is 0 Å². The number of carbonyl (C=O) groups is 1. The van der Waals surface area contributed by atoms with E-state index in [0.29, 0.717) is 5.56 Å². The van der Waals surface area contributed by atoms with Gasteiger partial charge in [0.05, 0.1) is 12.2 Å². The smallest absolute Gasteiger partial charge is 0.254 e. The molecule has 1 aromatic rings. The first-order valence-corrected chi connectivity index (χ1v) is 6.60. The first-order valence-electron chi connectivity index (χ1n) is 6.60. The molecule has 0 N–H and O–H groups in total. The molecular weight excluding hydrogens is 240 g/mol. The second-order valence-electron chi connectivity index (χ2n) is 4.87. The maximum atomic E-state index is 12.0. The fourth-order valence-corrected chi connectivity index (χ4v) is 2.30. The summed E-state index contributed by atoms with van der Waals surface area (Å²) >= 11 is 0. The van der Waals surface area contributed by atoms with Crippen molar-refractivity contribution in [2.45, 2.75) is 31.8 Å². The lowest BCUT2D eigenvalue weighted by atomic mass is 10.2. The summed E-state index contributed by atoms with van der Waals surface area (Å²) in [7, 11) is 1.62. The van der Waals surface area contributed by atoms with Crippen molar-refractivity contribution in [3.8, 4) is 11.8 Å². The fraction of sp³-hybridized carbons (Fsp3) is 0.467. The summed E-state index contributed by atoms with van der Waals surface area (Å²) < 4.78 is 5.87. The summed E-state index contributed by atoms with van der Waals surface area (Å²) in [6.45, 7) is 0.0898. The highest BCUT2D eigenvalue weighted by molar-refractivity contribution is 5.94. The third kappa shape index (κ3) is 3.47. The zero-order chi connectivity index (χ0) is 13.7. The van der Waals surface area contributed by atoms with E-state index in [9.17, 15) is 4.79 Å². The van der Waals surface area contributed by atoms with E-state index in [0.717, 1.165) is 18.6 Å². The zero-order valence-electron chi connectivity index (χ0n) is 11.1. The van der Waals surface area contributed by atoms with Gasteiger partial charge in [0.1, 0.15) is 12.3 Å². The average Bonchev–Trinajstić information content (AvgIpc) is 2.91. The quantitative estimate of drug-likeness (QED) is 0.780. The molecule has 100 valence electrons.